The molecule has 6 unspecified atom stereocenters. The summed E-state index contributed by atoms with van der Waals surface area (Å²) in [5.41, 5.74) is 1.65. The van der Waals surface area contributed by atoms with Crippen molar-refractivity contribution in [2.24, 2.45) is 23.7 Å². The van der Waals surface area contributed by atoms with Gasteiger partial charge in [0.15, 0.2) is 5.79 Å². The van der Waals surface area contributed by atoms with Gasteiger partial charge in [0.05, 0.1) is 12.0 Å². The monoisotopic (exact) mass is 432 g/mol. The molecule has 2 fully saturated rings. The van der Waals surface area contributed by atoms with Gasteiger partial charge in [0.25, 0.3) is 0 Å². The molecule has 0 saturated carbocycles. The van der Waals surface area contributed by atoms with Gasteiger partial charge in [-0.1, -0.05) is 19.9 Å². The predicted octanol–water partition coefficient (Wildman–Crippen LogP) is 3.69. The highest BCUT2D eigenvalue weighted by Gasteiger charge is 2.62. The maximum atomic E-state index is 12.6. The van der Waals surface area contributed by atoms with E-state index in [0.717, 1.165) is 11.1 Å². The third-order valence-electron chi connectivity index (χ3n) is 7.46. The number of hydrogen-bond donors (Lipinski definition) is 2. The zero-order valence-electron chi connectivity index (χ0n) is 19.0. The Bertz CT molecular complexity index is 922. The van der Waals surface area contributed by atoms with Gasteiger partial charge in [-0.3, -0.25) is 4.79 Å². The normalized spacial score (nSPS) is 40.8. The van der Waals surface area contributed by atoms with Gasteiger partial charge >= 0.3 is 11.9 Å². The lowest BCUT2D eigenvalue weighted by Crippen LogP contribution is -2.46. The molecule has 2 saturated heterocycles. The second-order valence-electron chi connectivity index (χ2n) is 10.1. The number of hydrogen-bond acceptors (Lipinski definition) is 7. The van der Waals surface area contributed by atoms with Crippen LogP contribution in [-0.4, -0.2) is 39.6 Å². The van der Waals surface area contributed by atoms with E-state index >= 15 is 0 Å². The molecule has 3 heterocycles. The van der Waals surface area contributed by atoms with Crippen molar-refractivity contribution < 1.29 is 34.0 Å². The lowest BCUT2D eigenvalue weighted by atomic mass is 9.72. The van der Waals surface area contributed by atoms with Gasteiger partial charge in [0.1, 0.15) is 17.3 Å². The third kappa shape index (κ3) is 3.33. The van der Waals surface area contributed by atoms with E-state index in [2.05, 4.69) is 0 Å². The SMILES string of the molecule is CC1=CCC2C(C(C)C)=C(O)C(=O)OC2(C)CCC(C)=C2OC(=O)C3C2C1OC3(C)O. The fourth-order valence-corrected chi connectivity index (χ4v) is 5.75. The van der Waals surface area contributed by atoms with Crippen LogP contribution in [0.3, 0.4) is 0 Å². The largest absolute Gasteiger partial charge is 0.502 e. The first kappa shape index (κ1) is 22.1. The van der Waals surface area contributed by atoms with Gasteiger partial charge in [-0.25, -0.2) is 4.79 Å². The van der Waals surface area contributed by atoms with Crippen molar-refractivity contribution in [3.8, 4) is 0 Å². The lowest BCUT2D eigenvalue weighted by molar-refractivity contribution is -0.201. The van der Waals surface area contributed by atoms with Crippen LogP contribution in [0.5, 0.6) is 0 Å². The lowest BCUT2D eigenvalue weighted by Gasteiger charge is -2.43. The molecule has 4 aliphatic rings. The van der Waals surface area contributed by atoms with Crippen LogP contribution in [0, 0.1) is 23.7 Å². The molecule has 0 radical (unpaired) electrons. The summed E-state index contributed by atoms with van der Waals surface area (Å²) < 4.78 is 17.4. The number of carbonyl (C=O) groups is 2. The third-order valence-corrected chi connectivity index (χ3v) is 7.46. The minimum atomic E-state index is -1.61. The minimum absolute atomic E-state index is 0.0244. The van der Waals surface area contributed by atoms with E-state index in [0.29, 0.717) is 30.6 Å². The van der Waals surface area contributed by atoms with Crippen molar-refractivity contribution in [3.05, 3.63) is 34.3 Å². The number of ether oxygens (including phenoxy) is 3. The summed E-state index contributed by atoms with van der Waals surface area (Å²) in [6.45, 7) is 11.2. The molecule has 7 heteroatoms. The van der Waals surface area contributed by atoms with E-state index in [1.165, 1.54) is 6.92 Å². The average molecular weight is 433 g/mol. The van der Waals surface area contributed by atoms with E-state index in [1.807, 2.05) is 40.7 Å². The Morgan fingerprint density at radius 1 is 1.19 bits per heavy atom. The molecule has 3 aliphatic heterocycles. The van der Waals surface area contributed by atoms with E-state index in [1.54, 1.807) is 0 Å². The Labute approximate surface area is 182 Å². The molecule has 170 valence electrons. The number of carbonyl (C=O) groups excluding carboxylic acids is 2. The highest BCUT2D eigenvalue weighted by molar-refractivity contribution is 5.88. The quantitative estimate of drug-likeness (QED) is 0.481. The first-order valence-corrected chi connectivity index (χ1v) is 11.0. The van der Waals surface area contributed by atoms with E-state index < -0.39 is 35.3 Å². The first-order chi connectivity index (χ1) is 14.4. The molecule has 0 aromatic carbocycles. The first-order valence-electron chi connectivity index (χ1n) is 11.0. The number of esters is 2. The predicted molar refractivity (Wildman–Crippen MR) is 111 cm³/mol. The van der Waals surface area contributed by atoms with Crippen LogP contribution in [0.15, 0.2) is 34.3 Å². The molecule has 4 rings (SSSR count). The molecule has 2 N–H and O–H groups in total. The van der Waals surface area contributed by atoms with Crippen molar-refractivity contribution in [1.29, 1.82) is 0 Å². The summed E-state index contributed by atoms with van der Waals surface area (Å²) in [5, 5.41) is 21.3. The summed E-state index contributed by atoms with van der Waals surface area (Å²) in [6, 6.07) is 0. The Hall–Kier alpha value is -2.12. The maximum Gasteiger partial charge on any atom is 0.373 e. The number of allylic oxidation sites excluding steroid dienone is 2. The van der Waals surface area contributed by atoms with Crippen LogP contribution in [0.4, 0.5) is 0 Å². The zero-order chi connectivity index (χ0) is 22.9. The van der Waals surface area contributed by atoms with E-state index in [4.69, 9.17) is 14.2 Å². The van der Waals surface area contributed by atoms with Gasteiger partial charge in [0.2, 0.25) is 5.76 Å². The maximum absolute atomic E-state index is 12.6. The molecule has 6 atom stereocenters. The van der Waals surface area contributed by atoms with Gasteiger partial charge in [-0.15, -0.1) is 0 Å². The van der Waals surface area contributed by atoms with Crippen LogP contribution in [-0.2, 0) is 23.8 Å². The molecule has 0 spiro atoms. The Morgan fingerprint density at radius 2 is 1.87 bits per heavy atom. The van der Waals surface area contributed by atoms with Gasteiger partial charge in [0, 0.05) is 5.92 Å². The van der Waals surface area contributed by atoms with Crippen molar-refractivity contribution in [2.45, 2.75) is 78.3 Å². The summed E-state index contributed by atoms with van der Waals surface area (Å²) in [7, 11) is 0. The molecule has 0 bridgehead atoms. The van der Waals surface area contributed by atoms with Crippen molar-refractivity contribution in [3.63, 3.8) is 0 Å². The molecule has 31 heavy (non-hydrogen) atoms. The van der Waals surface area contributed by atoms with E-state index in [9.17, 15) is 19.8 Å². The Kier molecular flexibility index (Phi) is 5.13. The van der Waals surface area contributed by atoms with Gasteiger partial charge in [-0.2, -0.15) is 0 Å². The molecular formula is C24H32O7. The van der Waals surface area contributed by atoms with Crippen LogP contribution in [0.1, 0.15) is 60.8 Å². The summed E-state index contributed by atoms with van der Waals surface area (Å²) >= 11 is 0. The molecule has 0 amide bonds. The standard InChI is InChI=1S/C24H32O7/c1-11(2)15-14-8-7-12(3)20-16-17(24(6,28)30-20)21(26)29-19(16)13(4)9-10-23(14,5)31-22(27)18(15)25/h7,11,14,16-17,20,25,28H,8-10H2,1-6H3. The minimum Gasteiger partial charge on any atom is -0.502 e. The summed E-state index contributed by atoms with van der Waals surface area (Å²) in [6.07, 6.45) is 3.13. The smallest absolute Gasteiger partial charge is 0.373 e. The fourth-order valence-electron chi connectivity index (χ4n) is 5.75. The second-order valence-corrected chi connectivity index (χ2v) is 10.1. The van der Waals surface area contributed by atoms with Gasteiger partial charge in [-0.05, 0) is 69.6 Å². The van der Waals surface area contributed by atoms with Crippen molar-refractivity contribution in [1.82, 2.24) is 0 Å². The second kappa shape index (κ2) is 7.20. The van der Waals surface area contributed by atoms with Crippen LogP contribution in [0.25, 0.3) is 0 Å². The van der Waals surface area contributed by atoms with Gasteiger partial charge < -0.3 is 24.4 Å². The molecule has 7 nitrogen and oxygen atoms in total. The summed E-state index contributed by atoms with van der Waals surface area (Å²) in [4.78, 5) is 25.1. The average Bonchev–Trinajstić information content (AvgIpc) is 3.16. The van der Waals surface area contributed by atoms with Crippen LogP contribution in [0.2, 0.25) is 0 Å². The van der Waals surface area contributed by atoms with Crippen molar-refractivity contribution in [2.75, 3.05) is 0 Å². The topological polar surface area (TPSA) is 102 Å². The number of rotatable bonds is 1. The summed E-state index contributed by atoms with van der Waals surface area (Å²) in [5.74, 6) is -3.90. The number of fused-ring (bicyclic) bond motifs is 1. The molecular weight excluding hydrogens is 400 g/mol. The van der Waals surface area contributed by atoms with Crippen molar-refractivity contribution >= 4 is 11.9 Å². The highest BCUT2D eigenvalue weighted by atomic mass is 16.7. The van der Waals surface area contributed by atoms with Crippen LogP contribution >= 0.6 is 0 Å². The molecule has 0 aromatic rings. The highest BCUT2D eigenvalue weighted by Crippen LogP contribution is 2.53. The van der Waals surface area contributed by atoms with E-state index in [-0.39, 0.29) is 23.5 Å². The molecule has 0 aromatic heterocycles. The zero-order valence-corrected chi connectivity index (χ0v) is 19.0. The molecule has 1 aliphatic carbocycles. The Morgan fingerprint density at radius 3 is 2.52 bits per heavy atom. The number of aliphatic hydroxyl groups is 2. The number of aliphatic hydroxyl groups excluding tert-OH is 1. The van der Waals surface area contributed by atoms with Crippen LogP contribution < -0.4 is 0 Å². The Balaban J connectivity index is 1.83. The fraction of sp³-hybridized carbons (Fsp3) is 0.667.